The van der Waals surface area contributed by atoms with E-state index < -0.39 is 6.03 Å². The van der Waals surface area contributed by atoms with Gasteiger partial charge in [0, 0.05) is 11.1 Å². The number of nitrogens with zero attached hydrogens (tertiary/aromatic N) is 1. The van der Waals surface area contributed by atoms with Gasteiger partial charge in [-0.3, -0.25) is 4.79 Å². The standard InChI is InChI=1S/C18H19N3O5/c1-24-15-5-4-13(10-22)7-14(15)11-26-16-6-3-12(8-17(16)25-2)9-20-21-18(19)23/h3-10H,11H2,1-2H3,(H3,19,21,23). The number of hydrogen-bond donors (Lipinski definition) is 2. The topological polar surface area (TPSA) is 112 Å². The van der Waals surface area contributed by atoms with Crippen molar-refractivity contribution in [3.63, 3.8) is 0 Å². The summed E-state index contributed by atoms with van der Waals surface area (Å²) in [5, 5.41) is 3.69. The van der Waals surface area contributed by atoms with Crippen LogP contribution in [0, 0.1) is 0 Å². The number of aldehydes is 1. The van der Waals surface area contributed by atoms with Crippen molar-refractivity contribution in [2.24, 2.45) is 10.8 Å². The van der Waals surface area contributed by atoms with Crippen molar-refractivity contribution in [1.29, 1.82) is 0 Å². The van der Waals surface area contributed by atoms with E-state index in [1.807, 2.05) is 0 Å². The number of primary amides is 1. The Bertz CT molecular complexity index is 820. The predicted molar refractivity (Wildman–Crippen MR) is 96.0 cm³/mol. The highest BCUT2D eigenvalue weighted by Gasteiger charge is 2.09. The molecule has 0 saturated carbocycles. The Labute approximate surface area is 150 Å². The number of urea groups is 1. The highest BCUT2D eigenvalue weighted by atomic mass is 16.5. The second kappa shape index (κ2) is 9.07. The molecule has 8 nitrogen and oxygen atoms in total. The molecule has 0 saturated heterocycles. The summed E-state index contributed by atoms with van der Waals surface area (Å²) in [7, 11) is 3.06. The lowest BCUT2D eigenvalue weighted by atomic mass is 10.1. The number of hydrogen-bond acceptors (Lipinski definition) is 6. The summed E-state index contributed by atoms with van der Waals surface area (Å²) in [6.45, 7) is 0.192. The van der Waals surface area contributed by atoms with Gasteiger partial charge in [0.2, 0.25) is 0 Å². The van der Waals surface area contributed by atoms with E-state index in [0.717, 1.165) is 11.8 Å². The van der Waals surface area contributed by atoms with E-state index >= 15 is 0 Å². The number of hydrazone groups is 1. The lowest BCUT2D eigenvalue weighted by Gasteiger charge is -2.13. The number of methoxy groups -OCH3 is 2. The zero-order chi connectivity index (χ0) is 18.9. The lowest BCUT2D eigenvalue weighted by molar-refractivity contribution is 0.112. The van der Waals surface area contributed by atoms with E-state index in [9.17, 15) is 9.59 Å². The molecule has 2 aromatic carbocycles. The molecule has 0 heterocycles. The van der Waals surface area contributed by atoms with E-state index in [4.69, 9.17) is 19.9 Å². The number of carbonyl (C=O) groups is 2. The van der Waals surface area contributed by atoms with Crippen LogP contribution in [0.1, 0.15) is 21.5 Å². The molecule has 2 aromatic rings. The number of ether oxygens (including phenoxy) is 3. The van der Waals surface area contributed by atoms with Crippen LogP contribution in [0.5, 0.6) is 17.2 Å². The summed E-state index contributed by atoms with van der Waals surface area (Å²) < 4.78 is 16.4. The number of nitrogens with one attached hydrogen (secondary N) is 1. The Morgan fingerprint density at radius 2 is 1.77 bits per heavy atom. The maximum atomic E-state index is 11.0. The minimum Gasteiger partial charge on any atom is -0.496 e. The lowest BCUT2D eigenvalue weighted by Crippen LogP contribution is -2.24. The molecule has 0 bridgehead atoms. The smallest absolute Gasteiger partial charge is 0.332 e. The molecule has 2 rings (SSSR count). The Morgan fingerprint density at radius 3 is 2.42 bits per heavy atom. The van der Waals surface area contributed by atoms with E-state index in [1.54, 1.807) is 43.5 Å². The SMILES string of the molecule is COc1ccc(C=O)cc1COc1ccc(C=NNC(N)=O)cc1OC. The number of amides is 2. The third kappa shape index (κ3) is 4.97. The van der Waals surface area contributed by atoms with Crippen LogP contribution in [0.3, 0.4) is 0 Å². The number of carbonyl (C=O) groups excluding carboxylic acids is 2. The minimum absolute atomic E-state index is 0.192. The van der Waals surface area contributed by atoms with Crippen molar-refractivity contribution >= 4 is 18.5 Å². The van der Waals surface area contributed by atoms with E-state index in [-0.39, 0.29) is 6.61 Å². The zero-order valence-electron chi connectivity index (χ0n) is 14.4. The first kappa shape index (κ1) is 18.8. The minimum atomic E-state index is -0.750. The Morgan fingerprint density at radius 1 is 1.08 bits per heavy atom. The third-order valence-corrected chi connectivity index (χ3v) is 3.40. The van der Waals surface area contributed by atoms with Gasteiger partial charge in [-0.15, -0.1) is 0 Å². The first-order chi connectivity index (χ1) is 12.6. The van der Waals surface area contributed by atoms with Crippen molar-refractivity contribution in [3.8, 4) is 17.2 Å². The molecule has 136 valence electrons. The molecule has 0 fully saturated rings. The molecule has 0 atom stereocenters. The molecular formula is C18H19N3O5. The number of benzene rings is 2. The molecule has 0 aromatic heterocycles. The van der Waals surface area contributed by atoms with Gasteiger partial charge >= 0.3 is 6.03 Å². The fourth-order valence-electron chi connectivity index (χ4n) is 2.19. The molecule has 0 unspecified atom stereocenters. The van der Waals surface area contributed by atoms with Gasteiger partial charge in [0.15, 0.2) is 11.5 Å². The predicted octanol–water partition coefficient (Wildman–Crippen LogP) is 2.10. The normalized spacial score (nSPS) is 10.4. The van der Waals surface area contributed by atoms with Gasteiger partial charge in [-0.2, -0.15) is 5.10 Å². The molecule has 26 heavy (non-hydrogen) atoms. The van der Waals surface area contributed by atoms with Crippen LogP contribution < -0.4 is 25.4 Å². The van der Waals surface area contributed by atoms with Crippen LogP contribution in [-0.4, -0.2) is 32.8 Å². The van der Waals surface area contributed by atoms with Crippen molar-refractivity contribution in [1.82, 2.24) is 5.43 Å². The van der Waals surface area contributed by atoms with Crippen LogP contribution >= 0.6 is 0 Å². The van der Waals surface area contributed by atoms with Crippen molar-refractivity contribution in [2.75, 3.05) is 14.2 Å². The summed E-state index contributed by atoms with van der Waals surface area (Å²) in [5.74, 6) is 1.61. The molecule has 0 aliphatic heterocycles. The van der Waals surface area contributed by atoms with E-state index in [2.05, 4.69) is 10.5 Å². The Balaban J connectivity index is 2.15. The summed E-state index contributed by atoms with van der Waals surface area (Å²) in [4.78, 5) is 21.6. The second-order valence-corrected chi connectivity index (χ2v) is 5.12. The first-order valence-electron chi connectivity index (χ1n) is 7.58. The quantitative estimate of drug-likeness (QED) is 0.427. The average molecular weight is 357 g/mol. The maximum absolute atomic E-state index is 11.0. The van der Waals surface area contributed by atoms with Crippen LogP contribution in [0.15, 0.2) is 41.5 Å². The molecule has 0 aliphatic carbocycles. The van der Waals surface area contributed by atoms with Gasteiger partial charge in [0.1, 0.15) is 18.6 Å². The fourth-order valence-corrected chi connectivity index (χ4v) is 2.19. The van der Waals surface area contributed by atoms with Gasteiger partial charge < -0.3 is 19.9 Å². The van der Waals surface area contributed by atoms with Gasteiger partial charge in [-0.1, -0.05) is 0 Å². The molecule has 2 amide bonds. The Hall–Kier alpha value is -3.55. The Kier molecular flexibility index (Phi) is 6.55. The highest BCUT2D eigenvalue weighted by molar-refractivity contribution is 5.82. The summed E-state index contributed by atoms with van der Waals surface area (Å²) in [6, 6.07) is 9.48. The fraction of sp³-hybridized carbons (Fsp3) is 0.167. The number of nitrogens with two attached hydrogens (primary N) is 1. The monoisotopic (exact) mass is 357 g/mol. The molecule has 0 radical (unpaired) electrons. The van der Waals surface area contributed by atoms with E-state index in [1.165, 1.54) is 13.3 Å². The van der Waals surface area contributed by atoms with Gasteiger partial charge in [0.05, 0.1) is 20.4 Å². The summed E-state index contributed by atoms with van der Waals surface area (Å²) >= 11 is 0. The molecule has 0 aliphatic rings. The van der Waals surface area contributed by atoms with Crippen LogP contribution in [0.25, 0.3) is 0 Å². The second-order valence-electron chi connectivity index (χ2n) is 5.12. The van der Waals surface area contributed by atoms with Crippen molar-refractivity contribution < 1.29 is 23.8 Å². The van der Waals surface area contributed by atoms with E-state index in [0.29, 0.717) is 28.4 Å². The molecular weight excluding hydrogens is 338 g/mol. The van der Waals surface area contributed by atoms with Crippen molar-refractivity contribution in [3.05, 3.63) is 53.1 Å². The summed E-state index contributed by atoms with van der Waals surface area (Å²) in [6.07, 6.45) is 2.19. The largest absolute Gasteiger partial charge is 0.496 e. The highest BCUT2D eigenvalue weighted by Crippen LogP contribution is 2.29. The van der Waals surface area contributed by atoms with Gasteiger partial charge in [-0.05, 0) is 42.0 Å². The van der Waals surface area contributed by atoms with Gasteiger partial charge in [0.25, 0.3) is 0 Å². The molecule has 3 N–H and O–H groups in total. The van der Waals surface area contributed by atoms with Crippen LogP contribution in [-0.2, 0) is 6.61 Å². The average Bonchev–Trinajstić information content (AvgIpc) is 2.66. The van der Waals surface area contributed by atoms with Crippen molar-refractivity contribution in [2.45, 2.75) is 6.61 Å². The van der Waals surface area contributed by atoms with Crippen LogP contribution in [0.2, 0.25) is 0 Å². The maximum Gasteiger partial charge on any atom is 0.332 e. The first-order valence-corrected chi connectivity index (χ1v) is 7.58. The van der Waals surface area contributed by atoms with Gasteiger partial charge in [-0.25, -0.2) is 10.2 Å². The molecule has 8 heteroatoms. The third-order valence-electron chi connectivity index (χ3n) is 3.40. The molecule has 0 spiro atoms. The zero-order valence-corrected chi connectivity index (χ0v) is 14.4. The summed E-state index contributed by atoms with van der Waals surface area (Å²) in [5.41, 5.74) is 8.99. The number of rotatable bonds is 8. The van der Waals surface area contributed by atoms with Crippen LogP contribution in [0.4, 0.5) is 4.79 Å².